The highest BCUT2D eigenvalue weighted by atomic mass is 16.5. The number of nitrogens with one attached hydrogen (secondary N) is 2. The standard InChI is InChI=1S/C18H15N3O3/c1-12(22)19-14-8-5-9-15(10-14)20-18(23)16-11-17(24-21-16)13-6-3-2-4-7-13/h2-11H,1H3,(H,19,22)(H,20,23). The van der Waals surface area contributed by atoms with Crippen molar-refractivity contribution >= 4 is 23.2 Å². The van der Waals surface area contributed by atoms with Crippen molar-refractivity contribution in [3.8, 4) is 11.3 Å². The fourth-order valence-corrected chi connectivity index (χ4v) is 2.19. The van der Waals surface area contributed by atoms with Gasteiger partial charge in [-0.3, -0.25) is 9.59 Å². The van der Waals surface area contributed by atoms with Crippen LogP contribution < -0.4 is 10.6 Å². The average Bonchev–Trinajstić information content (AvgIpc) is 3.05. The zero-order chi connectivity index (χ0) is 16.9. The van der Waals surface area contributed by atoms with Crippen molar-refractivity contribution in [2.75, 3.05) is 10.6 Å². The van der Waals surface area contributed by atoms with Crippen LogP contribution in [0.5, 0.6) is 0 Å². The van der Waals surface area contributed by atoms with Gasteiger partial charge in [0.1, 0.15) is 0 Å². The molecule has 120 valence electrons. The molecule has 0 atom stereocenters. The van der Waals surface area contributed by atoms with Gasteiger partial charge in [-0.15, -0.1) is 0 Å². The maximum Gasteiger partial charge on any atom is 0.277 e. The molecule has 0 fully saturated rings. The molecular formula is C18H15N3O3. The van der Waals surface area contributed by atoms with Gasteiger partial charge in [0, 0.05) is 29.9 Å². The van der Waals surface area contributed by atoms with Gasteiger partial charge in [-0.05, 0) is 18.2 Å². The van der Waals surface area contributed by atoms with E-state index in [1.54, 1.807) is 30.3 Å². The molecular weight excluding hydrogens is 306 g/mol. The minimum absolute atomic E-state index is 0.178. The molecule has 6 heteroatoms. The van der Waals surface area contributed by atoms with Crippen LogP contribution in [0.15, 0.2) is 65.2 Å². The first kappa shape index (κ1) is 15.5. The molecule has 2 amide bonds. The number of hydrogen-bond acceptors (Lipinski definition) is 4. The third-order valence-corrected chi connectivity index (χ3v) is 3.24. The molecule has 1 aromatic heterocycles. The monoisotopic (exact) mass is 321 g/mol. The van der Waals surface area contributed by atoms with E-state index >= 15 is 0 Å². The van der Waals surface area contributed by atoms with Crippen LogP contribution in [0.1, 0.15) is 17.4 Å². The number of aromatic nitrogens is 1. The Hall–Kier alpha value is -3.41. The molecule has 24 heavy (non-hydrogen) atoms. The molecule has 0 radical (unpaired) electrons. The molecule has 0 aliphatic carbocycles. The second-order valence-corrected chi connectivity index (χ2v) is 5.16. The largest absolute Gasteiger partial charge is 0.355 e. The van der Waals surface area contributed by atoms with Crippen LogP contribution in [0.25, 0.3) is 11.3 Å². The Balaban J connectivity index is 1.74. The third kappa shape index (κ3) is 3.67. The summed E-state index contributed by atoms with van der Waals surface area (Å²) >= 11 is 0. The fourth-order valence-electron chi connectivity index (χ4n) is 2.19. The highest BCUT2D eigenvalue weighted by molar-refractivity contribution is 6.03. The molecule has 2 aromatic carbocycles. The van der Waals surface area contributed by atoms with Crippen molar-refractivity contribution in [1.29, 1.82) is 0 Å². The first-order chi connectivity index (χ1) is 11.6. The van der Waals surface area contributed by atoms with Crippen molar-refractivity contribution in [2.45, 2.75) is 6.92 Å². The van der Waals surface area contributed by atoms with Gasteiger partial charge in [0.2, 0.25) is 5.91 Å². The van der Waals surface area contributed by atoms with E-state index in [0.29, 0.717) is 17.1 Å². The first-order valence-corrected chi connectivity index (χ1v) is 7.33. The smallest absolute Gasteiger partial charge is 0.277 e. The number of nitrogens with zero attached hydrogens (tertiary/aromatic N) is 1. The summed E-state index contributed by atoms with van der Waals surface area (Å²) in [5, 5.41) is 9.19. The quantitative estimate of drug-likeness (QED) is 0.769. The van der Waals surface area contributed by atoms with E-state index in [-0.39, 0.29) is 17.5 Å². The van der Waals surface area contributed by atoms with Crippen LogP contribution >= 0.6 is 0 Å². The lowest BCUT2D eigenvalue weighted by atomic mass is 10.1. The molecule has 3 aromatic rings. The molecule has 1 heterocycles. The maximum absolute atomic E-state index is 12.3. The highest BCUT2D eigenvalue weighted by Gasteiger charge is 2.14. The van der Waals surface area contributed by atoms with Gasteiger partial charge in [-0.25, -0.2) is 0 Å². The molecule has 0 saturated carbocycles. The van der Waals surface area contributed by atoms with Crippen LogP contribution in [0.3, 0.4) is 0 Å². The van der Waals surface area contributed by atoms with Crippen LogP contribution in [-0.4, -0.2) is 17.0 Å². The van der Waals surface area contributed by atoms with E-state index in [2.05, 4.69) is 15.8 Å². The molecule has 6 nitrogen and oxygen atoms in total. The molecule has 0 unspecified atom stereocenters. The molecule has 3 rings (SSSR count). The van der Waals surface area contributed by atoms with Crippen molar-refractivity contribution in [2.24, 2.45) is 0 Å². The fraction of sp³-hybridized carbons (Fsp3) is 0.0556. The van der Waals surface area contributed by atoms with Crippen molar-refractivity contribution in [3.63, 3.8) is 0 Å². The van der Waals surface area contributed by atoms with Crippen LogP contribution in [0, 0.1) is 0 Å². The van der Waals surface area contributed by atoms with Gasteiger partial charge in [-0.2, -0.15) is 0 Å². The number of anilines is 2. The van der Waals surface area contributed by atoms with E-state index in [4.69, 9.17) is 4.52 Å². The van der Waals surface area contributed by atoms with Crippen molar-refractivity contribution < 1.29 is 14.1 Å². The predicted molar refractivity (Wildman–Crippen MR) is 90.6 cm³/mol. The SMILES string of the molecule is CC(=O)Nc1cccc(NC(=O)c2cc(-c3ccccc3)on2)c1. The minimum Gasteiger partial charge on any atom is -0.355 e. The molecule has 0 bridgehead atoms. The Morgan fingerprint density at radius 1 is 0.917 bits per heavy atom. The molecule has 0 spiro atoms. The second kappa shape index (κ2) is 6.78. The summed E-state index contributed by atoms with van der Waals surface area (Å²) in [7, 11) is 0. The number of benzene rings is 2. The Bertz CT molecular complexity index is 872. The van der Waals surface area contributed by atoms with E-state index in [9.17, 15) is 9.59 Å². The Morgan fingerprint density at radius 3 is 2.33 bits per heavy atom. The number of hydrogen-bond donors (Lipinski definition) is 2. The molecule has 0 saturated heterocycles. The van der Waals surface area contributed by atoms with Gasteiger partial charge in [0.05, 0.1) is 0 Å². The Labute approximate surface area is 138 Å². The summed E-state index contributed by atoms with van der Waals surface area (Å²) in [6.45, 7) is 1.42. The van der Waals surface area contributed by atoms with E-state index in [0.717, 1.165) is 5.56 Å². The van der Waals surface area contributed by atoms with E-state index in [1.807, 2.05) is 30.3 Å². The number of rotatable bonds is 4. The number of carbonyl (C=O) groups excluding carboxylic acids is 2. The van der Waals surface area contributed by atoms with Gasteiger partial charge < -0.3 is 15.2 Å². The molecule has 2 N–H and O–H groups in total. The lowest BCUT2D eigenvalue weighted by Crippen LogP contribution is -2.12. The van der Waals surface area contributed by atoms with Gasteiger partial charge >= 0.3 is 0 Å². The summed E-state index contributed by atoms with van der Waals surface area (Å²) in [5.74, 6) is -0.0452. The summed E-state index contributed by atoms with van der Waals surface area (Å²) in [6, 6.07) is 17.9. The average molecular weight is 321 g/mol. The summed E-state index contributed by atoms with van der Waals surface area (Å²) in [6.07, 6.45) is 0. The Morgan fingerprint density at radius 2 is 1.62 bits per heavy atom. The zero-order valence-electron chi connectivity index (χ0n) is 12.9. The number of carbonyl (C=O) groups is 2. The minimum atomic E-state index is -0.388. The second-order valence-electron chi connectivity index (χ2n) is 5.16. The van der Waals surface area contributed by atoms with Crippen LogP contribution in [-0.2, 0) is 4.79 Å². The Kier molecular flexibility index (Phi) is 4.38. The van der Waals surface area contributed by atoms with E-state index in [1.165, 1.54) is 6.92 Å². The lowest BCUT2D eigenvalue weighted by Gasteiger charge is -2.06. The zero-order valence-corrected chi connectivity index (χ0v) is 12.9. The van der Waals surface area contributed by atoms with Crippen molar-refractivity contribution in [1.82, 2.24) is 5.16 Å². The summed E-state index contributed by atoms with van der Waals surface area (Å²) in [5.41, 5.74) is 2.18. The summed E-state index contributed by atoms with van der Waals surface area (Å²) in [4.78, 5) is 23.4. The summed E-state index contributed by atoms with van der Waals surface area (Å²) < 4.78 is 5.22. The van der Waals surface area contributed by atoms with Gasteiger partial charge in [-0.1, -0.05) is 41.6 Å². The normalized spacial score (nSPS) is 10.2. The lowest BCUT2D eigenvalue weighted by molar-refractivity contribution is -0.114. The predicted octanol–water partition coefficient (Wildman–Crippen LogP) is 3.55. The van der Waals surface area contributed by atoms with Gasteiger partial charge in [0.15, 0.2) is 11.5 Å². The van der Waals surface area contributed by atoms with Crippen molar-refractivity contribution in [3.05, 3.63) is 66.4 Å². The third-order valence-electron chi connectivity index (χ3n) is 3.24. The maximum atomic E-state index is 12.3. The topological polar surface area (TPSA) is 84.2 Å². The number of amides is 2. The van der Waals surface area contributed by atoms with Gasteiger partial charge in [0.25, 0.3) is 5.91 Å². The van der Waals surface area contributed by atoms with Crippen LogP contribution in [0.4, 0.5) is 11.4 Å². The van der Waals surface area contributed by atoms with E-state index < -0.39 is 0 Å². The van der Waals surface area contributed by atoms with Crippen LogP contribution in [0.2, 0.25) is 0 Å². The molecule has 0 aliphatic rings. The highest BCUT2D eigenvalue weighted by Crippen LogP contribution is 2.21. The molecule has 0 aliphatic heterocycles. The first-order valence-electron chi connectivity index (χ1n) is 7.33.